The number of allylic oxidation sites excluding steroid dienone is 1. The van der Waals surface area contributed by atoms with Crippen molar-refractivity contribution in [2.45, 2.75) is 91.1 Å². The normalized spacial score (nSPS) is 11.1. The summed E-state index contributed by atoms with van der Waals surface area (Å²) >= 11 is 0. The van der Waals surface area contributed by atoms with Gasteiger partial charge in [-0.1, -0.05) is 95.6 Å². The molecule has 0 heterocycles. The van der Waals surface area contributed by atoms with Gasteiger partial charge in [0.2, 0.25) is 0 Å². The van der Waals surface area contributed by atoms with Crippen molar-refractivity contribution in [3.05, 3.63) is 47.5 Å². The van der Waals surface area contributed by atoms with Gasteiger partial charge in [0.15, 0.2) is 0 Å². The third-order valence-corrected chi connectivity index (χ3v) is 4.43. The number of esters is 1. The lowest BCUT2D eigenvalue weighted by Gasteiger charge is -2.05. The van der Waals surface area contributed by atoms with Crippen LogP contribution in [0.15, 0.2) is 36.4 Å². The first-order valence-corrected chi connectivity index (χ1v) is 10.2. The summed E-state index contributed by atoms with van der Waals surface area (Å²) in [5, 5.41) is 0. The molecule has 0 unspecified atom stereocenters. The Morgan fingerprint density at radius 3 is 2.08 bits per heavy atom. The maximum atomic E-state index is 11.5. The van der Waals surface area contributed by atoms with E-state index in [1.165, 1.54) is 63.0 Å². The minimum absolute atomic E-state index is 0.253. The third kappa shape index (κ3) is 11.6. The summed E-state index contributed by atoms with van der Waals surface area (Å²) in [6.45, 7) is 4.71. The van der Waals surface area contributed by atoms with Gasteiger partial charge in [-0.2, -0.15) is 0 Å². The SMILES string of the molecule is CCCC=CC(=O)OCc1ccc(CCCCCCCCCC)cc1. The zero-order chi connectivity index (χ0) is 18.2. The maximum Gasteiger partial charge on any atom is 0.330 e. The molecule has 0 atom stereocenters. The number of ether oxygens (including phenoxy) is 1. The fourth-order valence-corrected chi connectivity index (χ4v) is 2.81. The summed E-state index contributed by atoms with van der Waals surface area (Å²) < 4.78 is 5.24. The van der Waals surface area contributed by atoms with E-state index in [1.807, 2.05) is 6.08 Å². The molecular formula is C23H36O2. The van der Waals surface area contributed by atoms with E-state index in [-0.39, 0.29) is 5.97 Å². The molecular weight excluding hydrogens is 308 g/mol. The molecule has 0 aliphatic heterocycles. The number of unbranched alkanes of at least 4 members (excludes halogenated alkanes) is 8. The standard InChI is InChI=1S/C23H36O2/c1-3-5-7-8-9-10-11-13-14-21-16-18-22(19-17-21)20-25-23(24)15-12-6-4-2/h12,15-19H,3-11,13-14,20H2,1-2H3. The van der Waals surface area contributed by atoms with Crippen LogP contribution in [0, 0.1) is 0 Å². The molecule has 0 saturated heterocycles. The van der Waals surface area contributed by atoms with Crippen molar-refractivity contribution in [1.82, 2.24) is 0 Å². The lowest BCUT2D eigenvalue weighted by molar-refractivity contribution is -0.139. The van der Waals surface area contributed by atoms with Gasteiger partial charge >= 0.3 is 5.97 Å². The largest absolute Gasteiger partial charge is 0.458 e. The lowest BCUT2D eigenvalue weighted by atomic mass is 10.0. The van der Waals surface area contributed by atoms with E-state index in [0.717, 1.165) is 24.8 Å². The van der Waals surface area contributed by atoms with Crippen LogP contribution < -0.4 is 0 Å². The second kappa shape index (κ2) is 14.7. The Balaban J connectivity index is 2.13. The Morgan fingerprint density at radius 1 is 0.840 bits per heavy atom. The summed E-state index contributed by atoms with van der Waals surface area (Å²) in [5.41, 5.74) is 2.43. The van der Waals surface area contributed by atoms with E-state index in [1.54, 1.807) is 0 Å². The Bertz CT molecular complexity index is 473. The molecule has 0 spiro atoms. The zero-order valence-electron chi connectivity index (χ0n) is 16.3. The van der Waals surface area contributed by atoms with E-state index in [9.17, 15) is 4.79 Å². The van der Waals surface area contributed by atoms with Crippen LogP contribution in [0.4, 0.5) is 0 Å². The van der Waals surface area contributed by atoms with Gasteiger partial charge in [0.25, 0.3) is 0 Å². The van der Waals surface area contributed by atoms with Gasteiger partial charge in [0.05, 0.1) is 0 Å². The van der Waals surface area contributed by atoms with Gasteiger partial charge in [-0.05, 0) is 30.4 Å². The Morgan fingerprint density at radius 2 is 1.44 bits per heavy atom. The quantitative estimate of drug-likeness (QED) is 0.211. The highest BCUT2D eigenvalue weighted by molar-refractivity contribution is 5.81. The van der Waals surface area contributed by atoms with E-state index >= 15 is 0 Å². The van der Waals surface area contributed by atoms with Crippen LogP contribution >= 0.6 is 0 Å². The highest BCUT2D eigenvalue weighted by Gasteiger charge is 2.00. The van der Waals surface area contributed by atoms with Crippen molar-refractivity contribution in [3.63, 3.8) is 0 Å². The predicted molar refractivity (Wildman–Crippen MR) is 107 cm³/mol. The highest BCUT2D eigenvalue weighted by atomic mass is 16.5. The number of carbonyl (C=O) groups excluding carboxylic acids is 1. The van der Waals surface area contributed by atoms with Crippen LogP contribution in [0.5, 0.6) is 0 Å². The third-order valence-electron chi connectivity index (χ3n) is 4.43. The second-order valence-corrected chi connectivity index (χ2v) is 6.84. The molecule has 1 aromatic rings. The van der Waals surface area contributed by atoms with Gasteiger partial charge in [-0.15, -0.1) is 0 Å². The number of hydrogen-bond donors (Lipinski definition) is 0. The van der Waals surface area contributed by atoms with E-state index in [2.05, 4.69) is 38.1 Å². The van der Waals surface area contributed by atoms with Crippen LogP contribution in [-0.4, -0.2) is 5.97 Å². The topological polar surface area (TPSA) is 26.3 Å². The minimum atomic E-state index is -0.253. The Kier molecular flexibility index (Phi) is 12.7. The number of rotatable bonds is 14. The van der Waals surface area contributed by atoms with Gasteiger partial charge in [0, 0.05) is 6.08 Å². The molecule has 0 fully saturated rings. The van der Waals surface area contributed by atoms with Crippen molar-refractivity contribution >= 4 is 5.97 Å². The average Bonchev–Trinajstić information content (AvgIpc) is 2.63. The zero-order valence-corrected chi connectivity index (χ0v) is 16.3. The van der Waals surface area contributed by atoms with Crippen LogP contribution in [0.25, 0.3) is 0 Å². The van der Waals surface area contributed by atoms with Crippen molar-refractivity contribution < 1.29 is 9.53 Å². The first-order chi connectivity index (χ1) is 12.3. The van der Waals surface area contributed by atoms with Gasteiger partial charge in [-0.3, -0.25) is 0 Å². The van der Waals surface area contributed by atoms with Crippen LogP contribution in [-0.2, 0) is 22.6 Å². The van der Waals surface area contributed by atoms with E-state index in [4.69, 9.17) is 4.74 Å². The number of benzene rings is 1. The Hall–Kier alpha value is -1.57. The van der Waals surface area contributed by atoms with Crippen LogP contribution in [0.1, 0.15) is 89.2 Å². The molecule has 0 aliphatic rings. The van der Waals surface area contributed by atoms with Crippen molar-refractivity contribution in [3.8, 4) is 0 Å². The molecule has 2 nitrogen and oxygen atoms in total. The van der Waals surface area contributed by atoms with Crippen molar-refractivity contribution in [2.24, 2.45) is 0 Å². The fourth-order valence-electron chi connectivity index (χ4n) is 2.81. The molecule has 0 bridgehead atoms. The van der Waals surface area contributed by atoms with Gasteiger partial charge in [-0.25, -0.2) is 4.79 Å². The minimum Gasteiger partial charge on any atom is -0.458 e. The molecule has 0 saturated carbocycles. The van der Waals surface area contributed by atoms with E-state index < -0.39 is 0 Å². The monoisotopic (exact) mass is 344 g/mol. The van der Waals surface area contributed by atoms with Gasteiger partial charge in [0.1, 0.15) is 6.61 Å². The average molecular weight is 345 g/mol. The molecule has 25 heavy (non-hydrogen) atoms. The number of aryl methyl sites for hydroxylation is 1. The lowest BCUT2D eigenvalue weighted by Crippen LogP contribution is -2.00. The maximum absolute atomic E-state index is 11.5. The predicted octanol–water partition coefficient (Wildman–Crippen LogP) is 6.77. The molecule has 0 radical (unpaired) electrons. The summed E-state index contributed by atoms with van der Waals surface area (Å²) in [5.74, 6) is -0.253. The summed E-state index contributed by atoms with van der Waals surface area (Å²) in [7, 11) is 0. The second-order valence-electron chi connectivity index (χ2n) is 6.84. The molecule has 0 N–H and O–H groups in total. The summed E-state index contributed by atoms with van der Waals surface area (Å²) in [6, 6.07) is 8.47. The van der Waals surface area contributed by atoms with E-state index in [0.29, 0.717) is 6.61 Å². The Labute approximate surface area is 154 Å². The van der Waals surface area contributed by atoms with Crippen LogP contribution in [0.2, 0.25) is 0 Å². The van der Waals surface area contributed by atoms with Gasteiger partial charge < -0.3 is 4.74 Å². The van der Waals surface area contributed by atoms with Crippen LogP contribution in [0.3, 0.4) is 0 Å². The molecule has 1 aromatic carbocycles. The first-order valence-electron chi connectivity index (χ1n) is 10.2. The number of carbonyl (C=O) groups is 1. The summed E-state index contributed by atoms with van der Waals surface area (Å²) in [6.07, 6.45) is 17.4. The molecule has 0 aromatic heterocycles. The van der Waals surface area contributed by atoms with Crippen molar-refractivity contribution in [1.29, 1.82) is 0 Å². The number of hydrogen-bond acceptors (Lipinski definition) is 2. The molecule has 2 heteroatoms. The van der Waals surface area contributed by atoms with Crippen molar-refractivity contribution in [2.75, 3.05) is 0 Å². The smallest absolute Gasteiger partial charge is 0.330 e. The highest BCUT2D eigenvalue weighted by Crippen LogP contribution is 2.12. The summed E-state index contributed by atoms with van der Waals surface area (Å²) in [4.78, 5) is 11.5. The molecule has 0 aliphatic carbocycles. The molecule has 140 valence electrons. The fraction of sp³-hybridized carbons (Fsp3) is 0.609. The molecule has 0 amide bonds. The molecule has 1 rings (SSSR count). The first kappa shape index (κ1) is 21.5.